The monoisotopic (exact) mass is 511 g/mol. The molecule has 1 heterocycles. The maximum atomic E-state index is 5.72. The van der Waals surface area contributed by atoms with Crippen molar-refractivity contribution < 1.29 is 4.74 Å². The van der Waals surface area contributed by atoms with Crippen LogP contribution >= 0.6 is 0 Å². The first-order chi connectivity index (χ1) is 17.7. The van der Waals surface area contributed by atoms with Crippen LogP contribution in [0, 0.1) is 19.8 Å². The summed E-state index contributed by atoms with van der Waals surface area (Å²) in [6, 6.07) is 16.9. The van der Waals surface area contributed by atoms with Gasteiger partial charge >= 0.3 is 0 Å². The van der Waals surface area contributed by atoms with Crippen molar-refractivity contribution in [1.82, 2.24) is 4.98 Å². The molecule has 0 saturated heterocycles. The Balaban J connectivity index is 2.17. The number of rotatable bonds is 7. The molecule has 2 aromatic carbocycles. The third-order valence-electron chi connectivity index (χ3n) is 7.17. The molecule has 0 aliphatic carbocycles. The number of para-hydroxylation sites is 2. The zero-order valence-electron chi connectivity index (χ0n) is 25.2. The molecule has 4 nitrogen and oxygen atoms in total. The lowest BCUT2D eigenvalue weighted by Gasteiger charge is -2.24. The van der Waals surface area contributed by atoms with Gasteiger partial charge in [-0.2, -0.15) is 0 Å². The van der Waals surface area contributed by atoms with Gasteiger partial charge < -0.3 is 4.74 Å². The summed E-state index contributed by atoms with van der Waals surface area (Å²) in [6.07, 6.45) is 2.60. The van der Waals surface area contributed by atoms with Crippen LogP contribution in [-0.2, 0) is 17.3 Å². The van der Waals surface area contributed by atoms with Gasteiger partial charge in [-0.1, -0.05) is 77.9 Å². The first-order valence-electron chi connectivity index (χ1n) is 13.5. The number of aliphatic imine (C=N–C) groups is 2. The molecular formula is C34H45N3O. The van der Waals surface area contributed by atoms with Crippen LogP contribution in [0.25, 0.3) is 0 Å². The normalized spacial score (nSPS) is 14.0. The highest BCUT2D eigenvalue weighted by atomic mass is 16.5. The van der Waals surface area contributed by atoms with E-state index in [2.05, 4.69) is 111 Å². The summed E-state index contributed by atoms with van der Waals surface area (Å²) in [4.78, 5) is 15.3. The number of pyridine rings is 1. The van der Waals surface area contributed by atoms with Crippen molar-refractivity contribution in [2.75, 3.05) is 7.11 Å². The Morgan fingerprint density at radius 2 is 1.24 bits per heavy atom. The molecule has 3 aromatic rings. The molecular weight excluding hydrogens is 466 g/mol. The van der Waals surface area contributed by atoms with Gasteiger partial charge in [0.1, 0.15) is 5.75 Å². The number of benzene rings is 2. The van der Waals surface area contributed by atoms with Crippen LogP contribution in [0.2, 0.25) is 0 Å². The van der Waals surface area contributed by atoms with Crippen molar-refractivity contribution in [3.05, 3.63) is 82.7 Å². The third-order valence-corrected chi connectivity index (χ3v) is 7.17. The van der Waals surface area contributed by atoms with E-state index >= 15 is 0 Å². The predicted octanol–water partition coefficient (Wildman–Crippen LogP) is 9.05. The van der Waals surface area contributed by atoms with Crippen LogP contribution in [0.1, 0.15) is 83.3 Å². The standard InChI is InChI=1S/C34H45N3O/c1-22-21-35-31(23(2)32(22)38-11)20-26(24(3)36-29-18-14-12-16-27(29)33(5,6)7)25(4)37-30-19-15-13-17-28(30)34(8,9)10/h12-19,21,26H,20H2,1-11H3. The molecule has 0 aliphatic rings. The maximum Gasteiger partial charge on any atom is 0.128 e. The fraction of sp³-hybridized carbons (Fsp3) is 0.441. The van der Waals surface area contributed by atoms with Crippen molar-refractivity contribution in [3.8, 4) is 5.75 Å². The van der Waals surface area contributed by atoms with E-state index in [9.17, 15) is 0 Å². The van der Waals surface area contributed by atoms with Gasteiger partial charge in [0.25, 0.3) is 0 Å². The molecule has 0 spiro atoms. The molecule has 4 heteroatoms. The quantitative estimate of drug-likeness (QED) is 0.297. The lowest BCUT2D eigenvalue weighted by Crippen LogP contribution is -2.24. The topological polar surface area (TPSA) is 46.8 Å². The molecule has 0 atom stereocenters. The van der Waals surface area contributed by atoms with Crippen molar-refractivity contribution in [2.45, 2.75) is 86.5 Å². The summed E-state index contributed by atoms with van der Waals surface area (Å²) in [5.41, 5.74) is 9.65. The average molecular weight is 512 g/mol. The molecule has 0 bridgehead atoms. The summed E-state index contributed by atoms with van der Waals surface area (Å²) in [5.74, 6) is 0.878. The van der Waals surface area contributed by atoms with Crippen LogP contribution in [0.4, 0.5) is 11.4 Å². The summed E-state index contributed by atoms with van der Waals surface area (Å²) < 4.78 is 5.72. The molecule has 0 fully saturated rings. The molecule has 202 valence electrons. The zero-order chi connectivity index (χ0) is 28.3. The SMILES string of the molecule is COc1c(C)cnc(CC(C(C)=Nc2ccccc2C(C)(C)C)C(C)=Nc2ccccc2C(C)(C)C)c1C. The van der Waals surface area contributed by atoms with E-state index < -0.39 is 0 Å². The molecule has 0 amide bonds. The summed E-state index contributed by atoms with van der Waals surface area (Å²) >= 11 is 0. The summed E-state index contributed by atoms with van der Waals surface area (Å²) in [5, 5.41) is 0. The number of nitrogens with zero attached hydrogens (tertiary/aromatic N) is 3. The van der Waals surface area contributed by atoms with Crippen molar-refractivity contribution in [2.24, 2.45) is 15.9 Å². The highest BCUT2D eigenvalue weighted by Gasteiger charge is 2.24. The number of aromatic nitrogens is 1. The largest absolute Gasteiger partial charge is 0.496 e. The summed E-state index contributed by atoms with van der Waals surface area (Å²) in [7, 11) is 1.73. The van der Waals surface area contributed by atoms with Crippen LogP contribution in [0.3, 0.4) is 0 Å². The van der Waals surface area contributed by atoms with Gasteiger partial charge in [0, 0.05) is 46.8 Å². The van der Waals surface area contributed by atoms with Crippen molar-refractivity contribution >= 4 is 22.8 Å². The Morgan fingerprint density at radius 1 is 0.789 bits per heavy atom. The lowest BCUT2D eigenvalue weighted by molar-refractivity contribution is 0.406. The lowest BCUT2D eigenvalue weighted by atomic mass is 9.85. The first-order valence-corrected chi connectivity index (χ1v) is 13.5. The Labute approximate surface area is 230 Å². The Bertz CT molecular complexity index is 1260. The van der Waals surface area contributed by atoms with E-state index in [1.54, 1.807) is 7.11 Å². The van der Waals surface area contributed by atoms with E-state index in [1.807, 2.05) is 13.1 Å². The van der Waals surface area contributed by atoms with E-state index in [0.29, 0.717) is 6.42 Å². The Morgan fingerprint density at radius 3 is 1.66 bits per heavy atom. The third kappa shape index (κ3) is 6.78. The minimum atomic E-state index is -0.0188. The van der Waals surface area contributed by atoms with Gasteiger partial charge in [0.15, 0.2) is 0 Å². The minimum Gasteiger partial charge on any atom is -0.496 e. The van der Waals surface area contributed by atoms with E-state index in [1.165, 1.54) is 11.1 Å². The number of methoxy groups -OCH3 is 1. The fourth-order valence-corrected chi connectivity index (χ4v) is 5.01. The van der Waals surface area contributed by atoms with Crippen LogP contribution in [0.5, 0.6) is 5.75 Å². The number of aryl methyl sites for hydroxylation is 1. The average Bonchev–Trinajstić information content (AvgIpc) is 2.83. The van der Waals surface area contributed by atoms with E-state index in [-0.39, 0.29) is 16.7 Å². The van der Waals surface area contributed by atoms with Crippen molar-refractivity contribution in [3.63, 3.8) is 0 Å². The molecule has 0 N–H and O–H groups in total. The second kappa shape index (κ2) is 11.6. The van der Waals surface area contributed by atoms with Gasteiger partial charge in [0.2, 0.25) is 0 Å². The van der Waals surface area contributed by atoms with Gasteiger partial charge in [-0.3, -0.25) is 15.0 Å². The Hall–Kier alpha value is -3.27. The van der Waals surface area contributed by atoms with Crippen LogP contribution < -0.4 is 4.74 Å². The predicted molar refractivity (Wildman–Crippen MR) is 163 cm³/mol. The van der Waals surface area contributed by atoms with Crippen LogP contribution in [-0.4, -0.2) is 23.5 Å². The zero-order valence-corrected chi connectivity index (χ0v) is 25.2. The number of hydrogen-bond acceptors (Lipinski definition) is 4. The van der Waals surface area contributed by atoms with Gasteiger partial charge in [-0.05, 0) is 61.8 Å². The van der Waals surface area contributed by atoms with Crippen LogP contribution in [0.15, 0.2) is 64.7 Å². The molecule has 3 rings (SSSR count). The second-order valence-corrected chi connectivity index (χ2v) is 12.3. The first kappa shape index (κ1) is 29.3. The molecule has 38 heavy (non-hydrogen) atoms. The maximum absolute atomic E-state index is 5.72. The molecule has 1 aromatic heterocycles. The van der Waals surface area contributed by atoms with E-state index in [4.69, 9.17) is 19.7 Å². The fourth-order valence-electron chi connectivity index (χ4n) is 5.01. The highest BCUT2D eigenvalue weighted by molar-refractivity contribution is 6.07. The van der Waals surface area contributed by atoms with Gasteiger partial charge in [0.05, 0.1) is 18.5 Å². The second-order valence-electron chi connectivity index (χ2n) is 12.3. The Kier molecular flexibility index (Phi) is 8.97. The van der Waals surface area contributed by atoms with Gasteiger partial charge in [-0.25, -0.2) is 0 Å². The molecule has 0 radical (unpaired) electrons. The van der Waals surface area contributed by atoms with E-state index in [0.717, 1.165) is 45.4 Å². The summed E-state index contributed by atoms with van der Waals surface area (Å²) in [6.45, 7) is 21.8. The highest BCUT2D eigenvalue weighted by Crippen LogP contribution is 2.34. The van der Waals surface area contributed by atoms with Crippen molar-refractivity contribution in [1.29, 1.82) is 0 Å². The molecule has 0 unspecified atom stereocenters. The van der Waals surface area contributed by atoms with Gasteiger partial charge in [-0.15, -0.1) is 0 Å². The molecule has 0 saturated carbocycles. The molecule has 0 aliphatic heterocycles. The smallest absolute Gasteiger partial charge is 0.128 e. The number of hydrogen-bond donors (Lipinski definition) is 0. The number of ether oxygens (including phenoxy) is 1. The minimum absolute atomic E-state index is 0.00683.